The molecule has 0 fully saturated rings. The molecule has 0 radical (unpaired) electrons. The van der Waals surface area contributed by atoms with Crippen LogP contribution in [0.5, 0.6) is 5.75 Å². The maximum Gasteiger partial charge on any atom is 0.191 e. The predicted octanol–water partition coefficient (Wildman–Crippen LogP) is 2.67. The Kier molecular flexibility index (Phi) is 9.44. The quantitative estimate of drug-likeness (QED) is 0.494. The summed E-state index contributed by atoms with van der Waals surface area (Å²) in [5.41, 5.74) is 0.983. The maximum atomic E-state index is 5.46. The van der Waals surface area contributed by atoms with E-state index in [1.165, 1.54) is 5.56 Å². The molecule has 0 heterocycles. The minimum Gasteiger partial charge on any atom is -0.497 e. The van der Waals surface area contributed by atoms with Crippen LogP contribution in [0.2, 0.25) is 0 Å². The van der Waals surface area contributed by atoms with Gasteiger partial charge in [-0.15, -0.1) is 0 Å². The molecule has 0 amide bonds. The van der Waals surface area contributed by atoms with Crippen LogP contribution in [-0.2, 0) is 4.74 Å². The summed E-state index contributed by atoms with van der Waals surface area (Å²) in [6, 6.07) is 8.50. The van der Waals surface area contributed by atoms with Crippen molar-refractivity contribution in [2.45, 2.75) is 39.3 Å². The highest BCUT2D eigenvalue weighted by molar-refractivity contribution is 5.79. The summed E-state index contributed by atoms with van der Waals surface area (Å²) in [5.74, 6) is 1.65. The van der Waals surface area contributed by atoms with Crippen LogP contribution in [0.25, 0.3) is 0 Å². The molecule has 0 aliphatic heterocycles. The number of hydrogen-bond acceptors (Lipinski definition) is 4. The molecule has 6 heteroatoms. The SMILES string of the molecule is CCN(CC)C(CNC(=NC)NCC(C)(C)OC)c1cccc(OC)c1. The molecular weight excluding hydrogens is 328 g/mol. The van der Waals surface area contributed by atoms with Gasteiger partial charge in [-0.2, -0.15) is 0 Å². The van der Waals surface area contributed by atoms with Gasteiger partial charge in [-0.1, -0.05) is 26.0 Å². The Hall–Kier alpha value is -1.79. The second-order valence-corrected chi connectivity index (χ2v) is 6.78. The van der Waals surface area contributed by atoms with E-state index >= 15 is 0 Å². The van der Waals surface area contributed by atoms with Crippen molar-refractivity contribution >= 4 is 5.96 Å². The molecule has 0 bridgehead atoms. The van der Waals surface area contributed by atoms with Gasteiger partial charge in [0.25, 0.3) is 0 Å². The molecule has 0 spiro atoms. The molecule has 1 unspecified atom stereocenters. The molecule has 0 aromatic heterocycles. The van der Waals surface area contributed by atoms with E-state index in [9.17, 15) is 0 Å². The lowest BCUT2D eigenvalue weighted by Crippen LogP contribution is -2.47. The average molecular weight is 365 g/mol. The molecule has 1 aromatic rings. The van der Waals surface area contributed by atoms with E-state index in [0.29, 0.717) is 6.54 Å². The number of guanidine groups is 1. The van der Waals surface area contributed by atoms with Crippen LogP contribution in [-0.4, -0.2) is 63.9 Å². The number of likely N-dealkylation sites (N-methyl/N-ethyl adjacent to an activating group) is 1. The van der Waals surface area contributed by atoms with Crippen LogP contribution in [0.4, 0.5) is 0 Å². The number of benzene rings is 1. The Bertz CT molecular complexity index is 556. The lowest BCUT2D eigenvalue weighted by molar-refractivity contribution is 0.0268. The number of ether oxygens (including phenoxy) is 2. The van der Waals surface area contributed by atoms with E-state index in [1.807, 2.05) is 26.0 Å². The molecule has 26 heavy (non-hydrogen) atoms. The highest BCUT2D eigenvalue weighted by atomic mass is 16.5. The standard InChI is InChI=1S/C20H36N4O2/c1-8-24(9-2)18(16-11-10-12-17(13-16)25-6)14-22-19(21-5)23-15-20(3,4)26-7/h10-13,18H,8-9,14-15H2,1-7H3,(H2,21,22,23). The van der Waals surface area contributed by atoms with Gasteiger partial charge in [0.2, 0.25) is 0 Å². The van der Waals surface area contributed by atoms with Crippen molar-refractivity contribution in [3.05, 3.63) is 29.8 Å². The Morgan fingerprint density at radius 2 is 1.88 bits per heavy atom. The fraction of sp³-hybridized carbons (Fsp3) is 0.650. The fourth-order valence-corrected chi connectivity index (χ4v) is 2.75. The summed E-state index contributed by atoms with van der Waals surface area (Å²) in [7, 11) is 5.21. The van der Waals surface area contributed by atoms with Crippen molar-refractivity contribution in [3.8, 4) is 5.75 Å². The van der Waals surface area contributed by atoms with Gasteiger partial charge in [0.1, 0.15) is 5.75 Å². The minimum atomic E-state index is -0.247. The smallest absolute Gasteiger partial charge is 0.191 e. The molecule has 1 aromatic carbocycles. The summed E-state index contributed by atoms with van der Waals surface area (Å²) in [5, 5.41) is 6.79. The summed E-state index contributed by atoms with van der Waals surface area (Å²) in [6.45, 7) is 11.8. The number of nitrogens with zero attached hydrogens (tertiary/aromatic N) is 2. The lowest BCUT2D eigenvalue weighted by atomic mass is 10.0. The van der Waals surface area contributed by atoms with E-state index in [4.69, 9.17) is 9.47 Å². The monoisotopic (exact) mass is 364 g/mol. The zero-order valence-corrected chi connectivity index (χ0v) is 17.4. The van der Waals surface area contributed by atoms with Gasteiger partial charge in [0, 0.05) is 27.2 Å². The summed E-state index contributed by atoms with van der Waals surface area (Å²) >= 11 is 0. The molecule has 2 N–H and O–H groups in total. The highest BCUT2D eigenvalue weighted by Crippen LogP contribution is 2.23. The molecule has 6 nitrogen and oxygen atoms in total. The number of nitrogens with one attached hydrogen (secondary N) is 2. The third kappa shape index (κ3) is 6.84. The summed E-state index contributed by atoms with van der Waals surface area (Å²) < 4.78 is 10.9. The van der Waals surface area contributed by atoms with Crippen LogP contribution in [0.1, 0.15) is 39.3 Å². The lowest BCUT2D eigenvalue weighted by Gasteiger charge is -2.31. The number of rotatable bonds is 10. The van der Waals surface area contributed by atoms with Crippen LogP contribution in [0.15, 0.2) is 29.3 Å². The molecule has 148 valence electrons. The Morgan fingerprint density at radius 1 is 1.19 bits per heavy atom. The van der Waals surface area contributed by atoms with Crippen LogP contribution in [0, 0.1) is 0 Å². The average Bonchev–Trinajstić information content (AvgIpc) is 2.67. The normalized spacial score (nSPS) is 13.6. The van der Waals surface area contributed by atoms with Crippen molar-refractivity contribution < 1.29 is 9.47 Å². The molecule has 1 atom stereocenters. The number of hydrogen-bond donors (Lipinski definition) is 2. The van der Waals surface area contributed by atoms with E-state index in [1.54, 1.807) is 21.3 Å². The predicted molar refractivity (Wildman–Crippen MR) is 109 cm³/mol. The van der Waals surface area contributed by atoms with Gasteiger partial charge in [0.05, 0.1) is 18.8 Å². The van der Waals surface area contributed by atoms with Crippen molar-refractivity contribution in [2.24, 2.45) is 4.99 Å². The number of methoxy groups -OCH3 is 2. The maximum absolute atomic E-state index is 5.46. The topological polar surface area (TPSA) is 58.1 Å². The van der Waals surface area contributed by atoms with E-state index in [0.717, 1.165) is 31.3 Å². The van der Waals surface area contributed by atoms with Crippen molar-refractivity contribution in [1.82, 2.24) is 15.5 Å². The zero-order valence-electron chi connectivity index (χ0n) is 17.4. The third-order valence-electron chi connectivity index (χ3n) is 4.65. The van der Waals surface area contributed by atoms with Gasteiger partial charge in [-0.25, -0.2) is 0 Å². The first kappa shape index (κ1) is 22.3. The third-order valence-corrected chi connectivity index (χ3v) is 4.65. The van der Waals surface area contributed by atoms with E-state index in [2.05, 4.69) is 46.5 Å². The van der Waals surface area contributed by atoms with Crippen LogP contribution in [0.3, 0.4) is 0 Å². The first-order chi connectivity index (χ1) is 12.4. The Labute approximate surface area is 159 Å². The van der Waals surface area contributed by atoms with Crippen molar-refractivity contribution in [1.29, 1.82) is 0 Å². The first-order valence-electron chi connectivity index (χ1n) is 9.28. The van der Waals surface area contributed by atoms with Gasteiger partial charge in [0.15, 0.2) is 5.96 Å². The molecule has 0 aliphatic carbocycles. The fourth-order valence-electron chi connectivity index (χ4n) is 2.75. The van der Waals surface area contributed by atoms with Crippen LogP contribution < -0.4 is 15.4 Å². The highest BCUT2D eigenvalue weighted by Gasteiger charge is 2.20. The molecule has 0 saturated carbocycles. The summed E-state index contributed by atoms with van der Waals surface area (Å²) in [6.07, 6.45) is 0. The molecule has 1 rings (SSSR count). The largest absolute Gasteiger partial charge is 0.497 e. The second kappa shape index (κ2) is 11.0. The van der Waals surface area contributed by atoms with Crippen molar-refractivity contribution in [2.75, 3.05) is 47.4 Å². The molecule has 0 saturated heterocycles. The van der Waals surface area contributed by atoms with E-state index in [-0.39, 0.29) is 11.6 Å². The molecular formula is C20H36N4O2. The van der Waals surface area contributed by atoms with Gasteiger partial charge < -0.3 is 20.1 Å². The first-order valence-corrected chi connectivity index (χ1v) is 9.28. The van der Waals surface area contributed by atoms with Gasteiger partial charge in [-0.05, 0) is 44.6 Å². The van der Waals surface area contributed by atoms with E-state index < -0.39 is 0 Å². The second-order valence-electron chi connectivity index (χ2n) is 6.78. The number of aliphatic imine (C=N–C) groups is 1. The Balaban J connectivity index is 2.85. The minimum absolute atomic E-state index is 0.231. The zero-order chi connectivity index (χ0) is 19.6. The summed E-state index contributed by atoms with van der Waals surface area (Å²) in [4.78, 5) is 6.76. The van der Waals surface area contributed by atoms with Gasteiger partial charge >= 0.3 is 0 Å². The van der Waals surface area contributed by atoms with Crippen LogP contribution >= 0.6 is 0 Å². The van der Waals surface area contributed by atoms with Gasteiger partial charge in [-0.3, -0.25) is 9.89 Å². The van der Waals surface area contributed by atoms with Crippen molar-refractivity contribution in [3.63, 3.8) is 0 Å². The molecule has 0 aliphatic rings. The Morgan fingerprint density at radius 3 is 2.42 bits per heavy atom.